The average molecular weight is 284 g/mol. The number of nitro benzene ring substituents is 1. The van der Waals surface area contributed by atoms with Gasteiger partial charge in [0.1, 0.15) is 0 Å². The second-order valence-electron chi connectivity index (χ2n) is 4.43. The molecule has 3 N–H and O–H groups in total. The van der Waals surface area contributed by atoms with E-state index in [4.69, 9.17) is 5.73 Å². The Morgan fingerprint density at radius 1 is 1.14 bits per heavy atom. The molecule has 0 saturated carbocycles. The first-order valence-corrected chi connectivity index (χ1v) is 6.50. The van der Waals surface area contributed by atoms with Gasteiger partial charge in [0.25, 0.3) is 5.69 Å². The molecule has 6 nitrogen and oxygen atoms in total. The molecule has 108 valence electrons. The Morgan fingerprint density at radius 2 is 1.81 bits per heavy atom. The maximum absolute atomic E-state index is 10.5. The molecule has 2 aromatic rings. The van der Waals surface area contributed by atoms with Gasteiger partial charge in [-0.05, 0) is 24.1 Å². The molecule has 0 saturated heterocycles. The number of non-ortho nitro benzene ring substituents is 1. The van der Waals surface area contributed by atoms with Crippen molar-refractivity contribution < 1.29 is 4.92 Å². The van der Waals surface area contributed by atoms with Crippen molar-refractivity contribution >= 4 is 17.3 Å². The largest absolute Gasteiger partial charge is 0.370 e. The van der Waals surface area contributed by atoms with Gasteiger partial charge in [0.05, 0.1) is 4.92 Å². The number of anilines is 1. The first-order valence-electron chi connectivity index (χ1n) is 6.50. The molecular formula is C15H16N4O2. The summed E-state index contributed by atoms with van der Waals surface area (Å²) in [5.74, 6) is 0.350. The van der Waals surface area contributed by atoms with Crippen LogP contribution in [0.2, 0.25) is 0 Å². The summed E-state index contributed by atoms with van der Waals surface area (Å²) in [7, 11) is 0. The van der Waals surface area contributed by atoms with Crippen LogP contribution in [0.5, 0.6) is 0 Å². The standard InChI is InChI=1S/C15H16N4O2/c16-15(18-13-4-2-1-3-5-13)17-11-10-12-6-8-14(9-7-12)19(20)21/h1-9H,10-11H2,(H3,16,17,18). The van der Waals surface area contributed by atoms with Crippen molar-refractivity contribution in [3.63, 3.8) is 0 Å². The summed E-state index contributed by atoms with van der Waals surface area (Å²) >= 11 is 0. The highest BCUT2D eigenvalue weighted by atomic mass is 16.6. The van der Waals surface area contributed by atoms with Crippen LogP contribution in [-0.4, -0.2) is 17.4 Å². The number of benzene rings is 2. The topological polar surface area (TPSA) is 93.5 Å². The van der Waals surface area contributed by atoms with E-state index in [-0.39, 0.29) is 5.69 Å². The molecule has 0 spiro atoms. The Morgan fingerprint density at radius 3 is 2.43 bits per heavy atom. The molecule has 0 atom stereocenters. The van der Waals surface area contributed by atoms with Gasteiger partial charge in [-0.3, -0.25) is 15.1 Å². The number of guanidine groups is 1. The molecule has 6 heteroatoms. The van der Waals surface area contributed by atoms with Gasteiger partial charge in [-0.1, -0.05) is 30.3 Å². The molecule has 0 amide bonds. The number of nitrogens with one attached hydrogen (secondary N) is 1. The molecule has 21 heavy (non-hydrogen) atoms. The van der Waals surface area contributed by atoms with Crippen molar-refractivity contribution in [3.8, 4) is 0 Å². The Balaban J connectivity index is 1.85. The lowest BCUT2D eigenvalue weighted by Crippen LogP contribution is -2.23. The van der Waals surface area contributed by atoms with Crippen molar-refractivity contribution in [2.75, 3.05) is 11.9 Å². The van der Waals surface area contributed by atoms with Gasteiger partial charge in [-0.15, -0.1) is 0 Å². The molecular weight excluding hydrogens is 268 g/mol. The van der Waals surface area contributed by atoms with Gasteiger partial charge >= 0.3 is 0 Å². The fourth-order valence-corrected chi connectivity index (χ4v) is 1.80. The van der Waals surface area contributed by atoms with Crippen LogP contribution in [0.15, 0.2) is 59.6 Å². The van der Waals surface area contributed by atoms with E-state index in [1.165, 1.54) is 12.1 Å². The quantitative estimate of drug-likeness (QED) is 0.382. The number of aliphatic imine (C=N–C) groups is 1. The lowest BCUT2D eigenvalue weighted by Gasteiger charge is -2.05. The Hall–Kier alpha value is -2.89. The van der Waals surface area contributed by atoms with Crippen LogP contribution in [0.25, 0.3) is 0 Å². The monoisotopic (exact) mass is 284 g/mol. The van der Waals surface area contributed by atoms with E-state index in [0.29, 0.717) is 18.9 Å². The summed E-state index contributed by atoms with van der Waals surface area (Å²) in [5.41, 5.74) is 7.74. The predicted octanol–water partition coefficient (Wildman–Crippen LogP) is 2.56. The van der Waals surface area contributed by atoms with Gasteiger partial charge in [-0.2, -0.15) is 0 Å². The van der Waals surface area contributed by atoms with Crippen LogP contribution < -0.4 is 11.1 Å². The minimum atomic E-state index is -0.413. The average Bonchev–Trinajstić information content (AvgIpc) is 2.49. The molecule has 0 aliphatic heterocycles. The van der Waals surface area contributed by atoms with Gasteiger partial charge in [-0.25, -0.2) is 0 Å². The molecule has 2 aromatic carbocycles. The van der Waals surface area contributed by atoms with Crippen LogP contribution in [0.1, 0.15) is 5.56 Å². The van der Waals surface area contributed by atoms with E-state index < -0.39 is 4.92 Å². The third-order valence-corrected chi connectivity index (χ3v) is 2.88. The highest BCUT2D eigenvalue weighted by molar-refractivity contribution is 5.92. The van der Waals surface area contributed by atoms with Crippen molar-refractivity contribution in [1.29, 1.82) is 0 Å². The fourth-order valence-electron chi connectivity index (χ4n) is 1.80. The van der Waals surface area contributed by atoms with Crippen LogP contribution >= 0.6 is 0 Å². The molecule has 0 fully saturated rings. The van der Waals surface area contributed by atoms with Crippen LogP contribution in [0.4, 0.5) is 11.4 Å². The SMILES string of the molecule is NC(=NCCc1ccc([N+](=O)[O-])cc1)Nc1ccccc1. The minimum absolute atomic E-state index is 0.0903. The number of hydrogen-bond acceptors (Lipinski definition) is 3. The van der Waals surface area contributed by atoms with Crippen LogP contribution in [0, 0.1) is 10.1 Å². The Bertz CT molecular complexity index is 624. The van der Waals surface area contributed by atoms with Crippen molar-refractivity contribution in [2.24, 2.45) is 10.7 Å². The summed E-state index contributed by atoms with van der Waals surface area (Å²) in [6.07, 6.45) is 0.676. The number of hydrogen-bond donors (Lipinski definition) is 2. The van der Waals surface area contributed by atoms with Gasteiger partial charge in [0, 0.05) is 24.4 Å². The second kappa shape index (κ2) is 7.04. The highest BCUT2D eigenvalue weighted by Gasteiger charge is 2.03. The zero-order valence-corrected chi connectivity index (χ0v) is 11.4. The highest BCUT2D eigenvalue weighted by Crippen LogP contribution is 2.12. The van der Waals surface area contributed by atoms with Crippen molar-refractivity contribution in [2.45, 2.75) is 6.42 Å². The number of para-hydroxylation sites is 1. The van der Waals surface area contributed by atoms with E-state index in [0.717, 1.165) is 11.3 Å². The third kappa shape index (κ3) is 4.61. The summed E-state index contributed by atoms with van der Waals surface area (Å²) in [6, 6.07) is 16.0. The third-order valence-electron chi connectivity index (χ3n) is 2.88. The van der Waals surface area contributed by atoms with E-state index in [1.807, 2.05) is 30.3 Å². The fraction of sp³-hybridized carbons (Fsp3) is 0.133. The first kappa shape index (κ1) is 14.5. The first-order chi connectivity index (χ1) is 10.1. The molecule has 2 rings (SSSR count). The smallest absolute Gasteiger partial charge is 0.269 e. The summed E-state index contributed by atoms with van der Waals surface area (Å²) < 4.78 is 0. The molecule has 0 heterocycles. The van der Waals surface area contributed by atoms with E-state index >= 15 is 0 Å². The summed E-state index contributed by atoms with van der Waals surface area (Å²) in [4.78, 5) is 14.4. The molecule has 0 aromatic heterocycles. The predicted molar refractivity (Wildman–Crippen MR) is 83.4 cm³/mol. The van der Waals surface area contributed by atoms with Crippen molar-refractivity contribution in [3.05, 3.63) is 70.3 Å². The molecule has 0 bridgehead atoms. The molecule has 0 radical (unpaired) electrons. The zero-order valence-electron chi connectivity index (χ0n) is 11.4. The van der Waals surface area contributed by atoms with E-state index in [9.17, 15) is 10.1 Å². The number of nitrogens with two attached hydrogens (primary N) is 1. The number of rotatable bonds is 5. The van der Waals surface area contributed by atoms with Crippen LogP contribution in [0.3, 0.4) is 0 Å². The number of nitrogens with zero attached hydrogens (tertiary/aromatic N) is 2. The maximum atomic E-state index is 10.5. The second-order valence-corrected chi connectivity index (χ2v) is 4.43. The Labute approximate surface area is 122 Å². The van der Waals surface area contributed by atoms with E-state index in [2.05, 4.69) is 10.3 Å². The van der Waals surface area contributed by atoms with Crippen LogP contribution in [-0.2, 0) is 6.42 Å². The van der Waals surface area contributed by atoms with Crippen molar-refractivity contribution in [1.82, 2.24) is 0 Å². The lowest BCUT2D eigenvalue weighted by atomic mass is 10.1. The maximum Gasteiger partial charge on any atom is 0.269 e. The van der Waals surface area contributed by atoms with Gasteiger partial charge in [0.2, 0.25) is 0 Å². The molecule has 0 unspecified atom stereocenters. The summed E-state index contributed by atoms with van der Waals surface area (Å²) in [6.45, 7) is 0.517. The molecule has 0 aliphatic rings. The summed E-state index contributed by atoms with van der Waals surface area (Å²) in [5, 5.41) is 13.5. The lowest BCUT2D eigenvalue weighted by molar-refractivity contribution is -0.384. The molecule has 0 aliphatic carbocycles. The van der Waals surface area contributed by atoms with Gasteiger partial charge < -0.3 is 11.1 Å². The van der Waals surface area contributed by atoms with Gasteiger partial charge in [0.15, 0.2) is 5.96 Å². The minimum Gasteiger partial charge on any atom is -0.370 e. The normalized spacial score (nSPS) is 11.1. The zero-order chi connectivity index (χ0) is 15.1. The Kier molecular flexibility index (Phi) is 4.87. The van der Waals surface area contributed by atoms with E-state index in [1.54, 1.807) is 12.1 Å². The number of nitro groups is 1.